The van der Waals surface area contributed by atoms with Gasteiger partial charge in [0.1, 0.15) is 11.6 Å². The highest BCUT2D eigenvalue weighted by Crippen LogP contribution is 2.24. The maximum Gasteiger partial charge on any atom is 0.227 e. The molecule has 1 aromatic heterocycles. The molecule has 1 heterocycles. The number of benzene rings is 1. The quantitative estimate of drug-likeness (QED) is 0.124. The van der Waals surface area contributed by atoms with Gasteiger partial charge in [-0.3, -0.25) is 14.5 Å². The molecule has 0 bridgehead atoms. The fraction of sp³-hybridized carbons (Fsp3) is 0.476. The predicted octanol–water partition coefficient (Wildman–Crippen LogP) is 2.29. The van der Waals surface area contributed by atoms with Crippen molar-refractivity contribution in [1.29, 1.82) is 0 Å². The van der Waals surface area contributed by atoms with Crippen LogP contribution in [0.4, 0.5) is 0 Å². The van der Waals surface area contributed by atoms with Gasteiger partial charge in [-0.15, -0.1) is 0 Å². The number of nitrogens with two attached hydrogens (primary N) is 2. The second kappa shape index (κ2) is 11.2. The van der Waals surface area contributed by atoms with Crippen LogP contribution in [0, 0.1) is 5.92 Å². The van der Waals surface area contributed by atoms with E-state index < -0.39 is 5.78 Å². The van der Waals surface area contributed by atoms with E-state index in [1.807, 2.05) is 0 Å². The number of carbonyl (C=O) groups is 2. The van der Waals surface area contributed by atoms with E-state index in [2.05, 4.69) is 22.0 Å². The Kier molecular flexibility index (Phi) is 8.67. The molecule has 0 unspecified atom stereocenters. The van der Waals surface area contributed by atoms with E-state index in [1.165, 1.54) is 38.3 Å². The molecule has 0 spiro atoms. The number of hydrogen-bond donors (Lipinski definition) is 3. The van der Waals surface area contributed by atoms with Gasteiger partial charge in [0, 0.05) is 29.7 Å². The number of H-pyrrole nitrogens is 1. The molecule has 29 heavy (non-hydrogen) atoms. The zero-order valence-corrected chi connectivity index (χ0v) is 17.2. The summed E-state index contributed by atoms with van der Waals surface area (Å²) in [6.45, 7) is 1.81. The van der Waals surface area contributed by atoms with Crippen molar-refractivity contribution in [2.24, 2.45) is 22.6 Å². The van der Waals surface area contributed by atoms with Crippen LogP contribution in [0.5, 0.6) is 5.75 Å². The first-order chi connectivity index (χ1) is 14.0. The van der Waals surface area contributed by atoms with Crippen molar-refractivity contribution in [3.8, 4) is 5.75 Å². The summed E-state index contributed by atoms with van der Waals surface area (Å²) in [5, 5.41) is 4.20. The first-order valence-corrected chi connectivity index (χ1v) is 9.83. The SMILES string of the molecule is CN(C/C(N)=N/N)CC1CCCCC1.COc1ccc2c(C(=O)C=O)c[nH]c2c1. The van der Waals surface area contributed by atoms with Gasteiger partial charge in [-0.2, -0.15) is 5.10 Å². The zero-order chi connectivity index (χ0) is 21.2. The van der Waals surface area contributed by atoms with E-state index in [0.29, 0.717) is 30.0 Å². The van der Waals surface area contributed by atoms with Crippen molar-refractivity contribution in [2.75, 3.05) is 27.2 Å². The molecule has 5 N–H and O–H groups in total. The minimum absolute atomic E-state index is 0.312. The summed E-state index contributed by atoms with van der Waals surface area (Å²) in [4.78, 5) is 26.7. The summed E-state index contributed by atoms with van der Waals surface area (Å²) in [6.07, 6.45) is 8.76. The van der Waals surface area contributed by atoms with Crippen LogP contribution < -0.4 is 16.3 Å². The van der Waals surface area contributed by atoms with Crippen LogP contribution in [-0.2, 0) is 4.79 Å². The second-order valence-electron chi connectivity index (χ2n) is 7.42. The molecule has 2 aromatic rings. The van der Waals surface area contributed by atoms with Gasteiger partial charge in [0.05, 0.1) is 19.2 Å². The van der Waals surface area contributed by atoms with Gasteiger partial charge in [-0.05, 0) is 37.9 Å². The molecule has 8 heteroatoms. The van der Waals surface area contributed by atoms with Crippen molar-refractivity contribution in [1.82, 2.24) is 9.88 Å². The third-order valence-electron chi connectivity index (χ3n) is 5.15. The molecule has 1 fully saturated rings. The fourth-order valence-corrected chi connectivity index (χ4v) is 3.69. The standard InChI is InChI=1S/C11H9NO3.C10H22N4/c1-15-7-2-3-8-9(11(14)6-13)5-12-10(8)4-7;1-14(8-10(11)13-12)7-9-5-3-2-4-6-9/h2-6,12H,1H3;9H,2-8,12H2,1H3,(H2,11,13). The third-order valence-corrected chi connectivity index (χ3v) is 5.15. The van der Waals surface area contributed by atoms with Crippen LogP contribution in [0.25, 0.3) is 10.9 Å². The monoisotopic (exact) mass is 401 g/mol. The first-order valence-electron chi connectivity index (χ1n) is 9.83. The normalized spacial score (nSPS) is 15.1. The number of Topliss-reactive ketones (excluding diaryl/α,β-unsaturated/α-hetero) is 1. The van der Waals surface area contributed by atoms with Crippen LogP contribution in [0.1, 0.15) is 42.5 Å². The predicted molar refractivity (Wildman–Crippen MR) is 115 cm³/mol. The Morgan fingerprint density at radius 2 is 2.07 bits per heavy atom. The molecule has 0 radical (unpaired) electrons. The summed E-state index contributed by atoms with van der Waals surface area (Å²) in [7, 11) is 3.65. The van der Waals surface area contributed by atoms with E-state index >= 15 is 0 Å². The number of rotatable bonds is 7. The number of nitrogens with zero attached hydrogens (tertiary/aromatic N) is 2. The molecular formula is C21H31N5O3. The number of aromatic nitrogens is 1. The van der Waals surface area contributed by atoms with E-state index in [4.69, 9.17) is 16.3 Å². The van der Waals surface area contributed by atoms with Gasteiger partial charge in [0.2, 0.25) is 5.78 Å². The summed E-state index contributed by atoms with van der Waals surface area (Å²) in [6, 6.07) is 5.27. The lowest BCUT2D eigenvalue weighted by atomic mass is 9.89. The number of ketones is 1. The number of hydrazone groups is 1. The summed E-state index contributed by atoms with van der Waals surface area (Å²) >= 11 is 0. The maximum atomic E-state index is 11.2. The number of aldehydes is 1. The Morgan fingerprint density at radius 1 is 1.34 bits per heavy atom. The van der Waals surface area contributed by atoms with Crippen LogP contribution in [-0.4, -0.2) is 55.0 Å². The lowest BCUT2D eigenvalue weighted by molar-refractivity contribution is -0.104. The molecule has 0 amide bonds. The lowest BCUT2D eigenvalue weighted by Gasteiger charge is -2.26. The molecule has 1 aliphatic carbocycles. The van der Waals surface area contributed by atoms with Gasteiger partial charge in [-0.1, -0.05) is 19.3 Å². The summed E-state index contributed by atoms with van der Waals surface area (Å²) in [5.41, 5.74) is 6.73. The number of carbonyl (C=O) groups excluding carboxylic acids is 2. The highest BCUT2D eigenvalue weighted by atomic mass is 16.5. The molecule has 3 rings (SSSR count). The summed E-state index contributed by atoms with van der Waals surface area (Å²) < 4.78 is 5.04. The zero-order valence-electron chi connectivity index (χ0n) is 17.2. The highest BCUT2D eigenvalue weighted by Gasteiger charge is 2.15. The van der Waals surface area contributed by atoms with E-state index in [0.717, 1.165) is 23.4 Å². The molecule has 1 saturated carbocycles. The smallest absolute Gasteiger partial charge is 0.227 e. The van der Waals surface area contributed by atoms with Crippen molar-refractivity contribution in [3.05, 3.63) is 30.0 Å². The van der Waals surface area contributed by atoms with Crippen LogP contribution in [0.3, 0.4) is 0 Å². The number of aromatic amines is 1. The highest BCUT2D eigenvalue weighted by molar-refractivity contribution is 6.36. The van der Waals surface area contributed by atoms with Gasteiger partial charge in [0.25, 0.3) is 0 Å². The van der Waals surface area contributed by atoms with Crippen LogP contribution >= 0.6 is 0 Å². The number of likely N-dealkylation sites (N-methyl/N-ethyl adjacent to an activating group) is 1. The van der Waals surface area contributed by atoms with E-state index in [9.17, 15) is 9.59 Å². The second-order valence-corrected chi connectivity index (χ2v) is 7.42. The number of amidine groups is 1. The Morgan fingerprint density at radius 3 is 2.69 bits per heavy atom. The largest absolute Gasteiger partial charge is 0.497 e. The summed E-state index contributed by atoms with van der Waals surface area (Å²) in [5.74, 6) is 6.63. The average Bonchev–Trinajstić information content (AvgIpc) is 3.17. The Bertz CT molecular complexity index is 840. The number of fused-ring (bicyclic) bond motifs is 1. The Balaban J connectivity index is 0.000000208. The van der Waals surface area contributed by atoms with Gasteiger partial charge >= 0.3 is 0 Å². The van der Waals surface area contributed by atoms with Gasteiger partial charge in [-0.25, -0.2) is 0 Å². The number of methoxy groups -OCH3 is 1. The van der Waals surface area contributed by atoms with Gasteiger partial charge in [0.15, 0.2) is 6.29 Å². The number of hydrogen-bond acceptors (Lipinski definition) is 6. The lowest BCUT2D eigenvalue weighted by Crippen LogP contribution is -2.35. The topological polar surface area (TPSA) is 127 Å². The minimum Gasteiger partial charge on any atom is -0.497 e. The fourth-order valence-electron chi connectivity index (χ4n) is 3.69. The first kappa shape index (κ1) is 22.4. The average molecular weight is 402 g/mol. The maximum absolute atomic E-state index is 11.2. The van der Waals surface area contributed by atoms with Crippen molar-refractivity contribution in [3.63, 3.8) is 0 Å². The van der Waals surface area contributed by atoms with Crippen molar-refractivity contribution < 1.29 is 14.3 Å². The number of ether oxygens (including phenoxy) is 1. The molecule has 0 saturated heterocycles. The van der Waals surface area contributed by atoms with Crippen LogP contribution in [0.2, 0.25) is 0 Å². The third kappa shape index (κ3) is 6.60. The minimum atomic E-state index is -0.522. The molecule has 1 aromatic carbocycles. The van der Waals surface area contributed by atoms with Crippen molar-refractivity contribution in [2.45, 2.75) is 32.1 Å². The molecule has 1 aliphatic rings. The Labute approximate surface area is 171 Å². The van der Waals surface area contributed by atoms with Crippen molar-refractivity contribution >= 4 is 28.8 Å². The number of nitrogens with one attached hydrogen (secondary N) is 1. The van der Waals surface area contributed by atoms with E-state index in [1.54, 1.807) is 25.3 Å². The Hall–Kier alpha value is -2.87. The van der Waals surface area contributed by atoms with Gasteiger partial charge < -0.3 is 21.3 Å². The molecule has 158 valence electrons. The molecule has 0 aliphatic heterocycles. The van der Waals surface area contributed by atoms with E-state index in [-0.39, 0.29) is 0 Å². The molecule has 0 atom stereocenters. The molecular weight excluding hydrogens is 370 g/mol. The van der Waals surface area contributed by atoms with Crippen LogP contribution in [0.15, 0.2) is 29.5 Å². The molecule has 8 nitrogen and oxygen atoms in total.